The summed E-state index contributed by atoms with van der Waals surface area (Å²) in [5.41, 5.74) is 0.882. The van der Waals surface area contributed by atoms with Gasteiger partial charge < -0.3 is 10.1 Å². The number of nitrogens with one attached hydrogen (secondary N) is 1. The lowest BCUT2D eigenvalue weighted by Crippen LogP contribution is -2.12. The lowest BCUT2D eigenvalue weighted by molar-refractivity contribution is 0.102. The molecule has 6 nitrogen and oxygen atoms in total. The van der Waals surface area contributed by atoms with E-state index in [0.717, 1.165) is 0 Å². The topological polar surface area (TPSA) is 69.0 Å². The molecule has 0 aliphatic carbocycles. The molecule has 8 heteroatoms. The van der Waals surface area contributed by atoms with Crippen LogP contribution in [0.5, 0.6) is 0 Å². The van der Waals surface area contributed by atoms with Crippen molar-refractivity contribution in [3.63, 3.8) is 0 Å². The molecule has 0 aromatic carbocycles. The predicted octanol–water partition coefficient (Wildman–Crippen LogP) is 2.59. The molecule has 0 fully saturated rings. The number of ether oxygens (including phenoxy) is 1. The standard InChI is InChI=1S/C12H12BrClN4O2/c1-20-3-2-18-7-9(6-16-18)17-12(19)10-4-8(13)5-15-11(10)14/h4-7H,2-3H2,1H3,(H,17,19). The van der Waals surface area contributed by atoms with Crippen molar-refractivity contribution in [3.8, 4) is 0 Å². The van der Waals surface area contributed by atoms with Gasteiger partial charge in [-0.25, -0.2) is 4.98 Å². The maximum atomic E-state index is 12.1. The third kappa shape index (κ3) is 3.78. The quantitative estimate of drug-likeness (QED) is 0.833. The molecule has 2 aromatic heterocycles. The minimum atomic E-state index is -0.338. The van der Waals surface area contributed by atoms with Crippen LogP contribution in [0.25, 0.3) is 0 Å². The largest absolute Gasteiger partial charge is 0.383 e. The van der Waals surface area contributed by atoms with E-state index in [2.05, 4.69) is 31.3 Å². The van der Waals surface area contributed by atoms with E-state index < -0.39 is 0 Å². The Kier molecular flexibility index (Phi) is 5.11. The number of aromatic nitrogens is 3. The van der Waals surface area contributed by atoms with Crippen LogP contribution in [-0.4, -0.2) is 34.4 Å². The molecule has 2 heterocycles. The summed E-state index contributed by atoms with van der Waals surface area (Å²) in [5, 5.41) is 6.97. The molecule has 0 saturated heterocycles. The molecule has 0 aliphatic rings. The van der Waals surface area contributed by atoms with Crippen LogP contribution in [0.15, 0.2) is 29.1 Å². The Labute approximate surface area is 129 Å². The van der Waals surface area contributed by atoms with Crippen LogP contribution in [-0.2, 0) is 11.3 Å². The lowest BCUT2D eigenvalue weighted by Gasteiger charge is -2.04. The van der Waals surface area contributed by atoms with Gasteiger partial charge in [-0.05, 0) is 22.0 Å². The van der Waals surface area contributed by atoms with Crippen LogP contribution in [0.4, 0.5) is 5.69 Å². The van der Waals surface area contributed by atoms with Crippen molar-refractivity contribution < 1.29 is 9.53 Å². The number of halogens is 2. The van der Waals surface area contributed by atoms with Crippen molar-refractivity contribution in [1.29, 1.82) is 0 Å². The molecule has 0 saturated carbocycles. The highest BCUT2D eigenvalue weighted by molar-refractivity contribution is 9.10. The van der Waals surface area contributed by atoms with Crippen LogP contribution in [0, 0.1) is 0 Å². The van der Waals surface area contributed by atoms with E-state index in [1.54, 1.807) is 30.3 Å². The second kappa shape index (κ2) is 6.83. The van der Waals surface area contributed by atoms with Gasteiger partial charge in [0, 0.05) is 24.0 Å². The summed E-state index contributed by atoms with van der Waals surface area (Å²) in [6.07, 6.45) is 4.81. The first-order valence-electron chi connectivity index (χ1n) is 5.74. The van der Waals surface area contributed by atoms with Crippen molar-refractivity contribution in [1.82, 2.24) is 14.8 Å². The number of nitrogens with zero attached hydrogens (tertiary/aromatic N) is 3. The summed E-state index contributed by atoms with van der Waals surface area (Å²) in [6.45, 7) is 1.17. The van der Waals surface area contributed by atoms with Crippen molar-refractivity contribution >= 4 is 39.1 Å². The van der Waals surface area contributed by atoms with Gasteiger partial charge in [-0.3, -0.25) is 9.48 Å². The zero-order chi connectivity index (χ0) is 14.5. The van der Waals surface area contributed by atoms with Gasteiger partial charge in [0.25, 0.3) is 5.91 Å². The lowest BCUT2D eigenvalue weighted by atomic mass is 10.2. The number of rotatable bonds is 5. The Hall–Kier alpha value is -1.44. The van der Waals surface area contributed by atoms with E-state index >= 15 is 0 Å². The Morgan fingerprint density at radius 2 is 2.35 bits per heavy atom. The Balaban J connectivity index is 2.07. The minimum Gasteiger partial charge on any atom is -0.383 e. The van der Waals surface area contributed by atoms with Gasteiger partial charge >= 0.3 is 0 Å². The van der Waals surface area contributed by atoms with Crippen LogP contribution < -0.4 is 5.32 Å². The van der Waals surface area contributed by atoms with Gasteiger partial charge in [-0.1, -0.05) is 11.6 Å². The molecule has 0 bridgehead atoms. The normalized spacial score (nSPS) is 10.6. The summed E-state index contributed by atoms with van der Waals surface area (Å²) >= 11 is 9.15. The fourth-order valence-electron chi connectivity index (χ4n) is 1.52. The second-order valence-corrected chi connectivity index (χ2v) is 5.20. The highest BCUT2D eigenvalue weighted by atomic mass is 79.9. The van der Waals surface area contributed by atoms with E-state index in [1.807, 2.05) is 0 Å². The predicted molar refractivity (Wildman–Crippen MR) is 79.0 cm³/mol. The number of anilines is 1. The number of methoxy groups -OCH3 is 1. The first-order valence-corrected chi connectivity index (χ1v) is 6.91. The molecule has 20 heavy (non-hydrogen) atoms. The first kappa shape index (κ1) is 15.0. The van der Waals surface area contributed by atoms with Crippen LogP contribution in [0.2, 0.25) is 5.15 Å². The molecule has 2 rings (SSSR count). The van der Waals surface area contributed by atoms with Crippen molar-refractivity contribution in [2.24, 2.45) is 0 Å². The van der Waals surface area contributed by atoms with E-state index in [-0.39, 0.29) is 11.1 Å². The molecular weight excluding hydrogens is 348 g/mol. The fraction of sp³-hybridized carbons (Fsp3) is 0.250. The maximum Gasteiger partial charge on any atom is 0.258 e. The third-order valence-corrected chi connectivity index (χ3v) is 3.20. The fourth-order valence-corrected chi connectivity index (χ4v) is 2.04. The second-order valence-electron chi connectivity index (χ2n) is 3.93. The van der Waals surface area contributed by atoms with Crippen molar-refractivity contribution in [3.05, 3.63) is 39.8 Å². The molecule has 0 spiro atoms. The molecule has 2 aromatic rings. The van der Waals surface area contributed by atoms with Crippen molar-refractivity contribution in [2.75, 3.05) is 19.0 Å². The SMILES string of the molecule is COCCn1cc(NC(=O)c2cc(Br)cnc2Cl)cn1. The smallest absolute Gasteiger partial charge is 0.258 e. The number of hydrogen-bond acceptors (Lipinski definition) is 4. The molecule has 0 aliphatic heterocycles. The summed E-state index contributed by atoms with van der Waals surface area (Å²) in [6, 6.07) is 1.61. The Bertz CT molecular complexity index is 617. The molecule has 106 valence electrons. The molecule has 0 atom stereocenters. The summed E-state index contributed by atoms with van der Waals surface area (Å²) in [5.74, 6) is -0.338. The average molecular weight is 360 g/mol. The van der Waals surface area contributed by atoms with Gasteiger partial charge in [0.15, 0.2) is 0 Å². The van der Waals surface area contributed by atoms with Gasteiger partial charge in [0.1, 0.15) is 5.15 Å². The van der Waals surface area contributed by atoms with E-state index in [4.69, 9.17) is 16.3 Å². The Morgan fingerprint density at radius 3 is 3.10 bits per heavy atom. The number of carbonyl (C=O) groups excluding carboxylic acids is 1. The van der Waals surface area contributed by atoms with Gasteiger partial charge in [0.05, 0.1) is 30.6 Å². The summed E-state index contributed by atoms with van der Waals surface area (Å²) in [4.78, 5) is 16.0. The van der Waals surface area contributed by atoms with Gasteiger partial charge in [-0.2, -0.15) is 5.10 Å². The first-order chi connectivity index (χ1) is 9.60. The monoisotopic (exact) mass is 358 g/mol. The number of hydrogen-bond donors (Lipinski definition) is 1. The minimum absolute atomic E-state index is 0.150. The maximum absolute atomic E-state index is 12.1. The Morgan fingerprint density at radius 1 is 1.55 bits per heavy atom. The summed E-state index contributed by atoms with van der Waals surface area (Å²) < 4.78 is 7.32. The average Bonchev–Trinajstić information content (AvgIpc) is 2.86. The van der Waals surface area contributed by atoms with Crippen LogP contribution >= 0.6 is 27.5 Å². The number of carbonyl (C=O) groups is 1. The highest BCUT2D eigenvalue weighted by Crippen LogP contribution is 2.19. The summed E-state index contributed by atoms with van der Waals surface area (Å²) in [7, 11) is 1.62. The zero-order valence-corrected chi connectivity index (χ0v) is 13.0. The number of pyridine rings is 1. The molecule has 0 radical (unpaired) electrons. The molecule has 1 amide bonds. The third-order valence-electron chi connectivity index (χ3n) is 2.47. The van der Waals surface area contributed by atoms with E-state index in [1.165, 1.54) is 6.20 Å². The van der Waals surface area contributed by atoms with Crippen LogP contribution in [0.1, 0.15) is 10.4 Å². The van der Waals surface area contributed by atoms with Crippen molar-refractivity contribution in [2.45, 2.75) is 6.54 Å². The van der Waals surface area contributed by atoms with E-state index in [0.29, 0.717) is 28.9 Å². The van der Waals surface area contributed by atoms with Gasteiger partial charge in [-0.15, -0.1) is 0 Å². The zero-order valence-electron chi connectivity index (χ0n) is 10.6. The molecular formula is C12H12BrClN4O2. The van der Waals surface area contributed by atoms with E-state index in [9.17, 15) is 4.79 Å². The van der Waals surface area contributed by atoms with Crippen LogP contribution in [0.3, 0.4) is 0 Å². The van der Waals surface area contributed by atoms with Gasteiger partial charge in [0.2, 0.25) is 0 Å². The molecule has 1 N–H and O–H groups in total. The highest BCUT2D eigenvalue weighted by Gasteiger charge is 2.13. The molecule has 0 unspecified atom stereocenters. The number of amides is 1.